The SMILES string of the molecule is CC#Cc1cc(-c2ccc(-c3ccc(C#C[Si](C(C)C)(C(C)C)C(C)C)s3)s2)c(-c2sc(C)cc2-c2ccc(-c3ccc(C#C[Si](C(C)C)(C(C)C)C(C)C)s3)s2)s1. The lowest BCUT2D eigenvalue weighted by Gasteiger charge is -2.38. The van der Waals surface area contributed by atoms with Gasteiger partial charge < -0.3 is 0 Å². The molecule has 0 N–H and O–H groups in total. The van der Waals surface area contributed by atoms with Crippen LogP contribution in [-0.4, -0.2) is 16.1 Å². The predicted molar refractivity (Wildman–Crippen MR) is 274 cm³/mol. The number of rotatable bonds is 11. The van der Waals surface area contributed by atoms with Gasteiger partial charge in [0.05, 0.1) is 24.4 Å². The topological polar surface area (TPSA) is 0 Å². The van der Waals surface area contributed by atoms with Crippen molar-refractivity contribution < 1.29 is 0 Å². The molecule has 0 atom stereocenters. The molecule has 6 aromatic heterocycles. The lowest BCUT2D eigenvalue weighted by molar-refractivity contribution is 0.838. The Morgan fingerprint density at radius 3 is 1.17 bits per heavy atom. The minimum absolute atomic E-state index is 0.627. The van der Waals surface area contributed by atoms with E-state index in [2.05, 4.69) is 185 Å². The maximum Gasteiger partial charge on any atom is 0.146 e. The molecule has 6 aromatic rings. The van der Waals surface area contributed by atoms with Crippen molar-refractivity contribution in [2.45, 2.75) is 130 Å². The second-order valence-electron chi connectivity index (χ2n) is 17.3. The van der Waals surface area contributed by atoms with Gasteiger partial charge in [0.1, 0.15) is 16.1 Å². The fourth-order valence-corrected chi connectivity index (χ4v) is 26.3. The van der Waals surface area contributed by atoms with Gasteiger partial charge in [0, 0.05) is 45.3 Å². The third-order valence-electron chi connectivity index (χ3n) is 12.0. The fourth-order valence-electron chi connectivity index (χ4n) is 9.30. The third-order valence-corrected chi connectivity index (χ3v) is 31.5. The molecule has 0 fully saturated rings. The van der Waals surface area contributed by atoms with Gasteiger partial charge in [0.2, 0.25) is 0 Å². The Labute approximate surface area is 376 Å². The highest BCUT2D eigenvalue weighted by atomic mass is 32.1. The molecule has 0 unspecified atom stereocenters. The monoisotopic (exact) mass is 906 g/mol. The van der Waals surface area contributed by atoms with Crippen molar-refractivity contribution in [3.05, 3.63) is 80.2 Å². The molecule has 0 aliphatic carbocycles. The van der Waals surface area contributed by atoms with E-state index in [0.717, 1.165) is 4.88 Å². The molecule has 0 aliphatic heterocycles. The van der Waals surface area contributed by atoms with Crippen LogP contribution in [0, 0.1) is 41.7 Å². The van der Waals surface area contributed by atoms with Crippen molar-refractivity contribution in [3.63, 3.8) is 0 Å². The summed E-state index contributed by atoms with van der Waals surface area (Å²) in [6, 6.07) is 22.9. The molecule has 6 rings (SSSR count). The van der Waals surface area contributed by atoms with E-state index in [9.17, 15) is 0 Å². The van der Waals surface area contributed by atoms with Crippen molar-refractivity contribution in [2.24, 2.45) is 0 Å². The highest BCUT2D eigenvalue weighted by Crippen LogP contribution is 2.51. The number of hydrogen-bond donors (Lipinski definition) is 0. The van der Waals surface area contributed by atoms with Gasteiger partial charge in [-0.1, -0.05) is 101 Å². The average Bonchev–Trinajstić information content (AvgIpc) is 4.00. The first-order chi connectivity index (χ1) is 27.5. The Bertz CT molecular complexity index is 2510. The quantitative estimate of drug-likeness (QED) is 0.0898. The summed E-state index contributed by atoms with van der Waals surface area (Å²) in [5.74, 6) is 13.9. The normalized spacial score (nSPS) is 12.1. The summed E-state index contributed by atoms with van der Waals surface area (Å²) in [7, 11) is -3.57. The highest BCUT2D eigenvalue weighted by molar-refractivity contribution is 7.27. The lowest BCUT2D eigenvalue weighted by atomic mass is 10.1. The van der Waals surface area contributed by atoms with Crippen LogP contribution in [0.5, 0.6) is 0 Å². The van der Waals surface area contributed by atoms with Gasteiger partial charge in [0.25, 0.3) is 0 Å². The molecule has 0 spiro atoms. The van der Waals surface area contributed by atoms with Crippen molar-refractivity contribution in [3.8, 4) is 84.9 Å². The highest BCUT2D eigenvalue weighted by Gasteiger charge is 2.42. The lowest BCUT2D eigenvalue weighted by Crippen LogP contribution is -2.43. The van der Waals surface area contributed by atoms with Gasteiger partial charge in [0.15, 0.2) is 0 Å². The van der Waals surface area contributed by atoms with E-state index in [4.69, 9.17) is 0 Å². The Kier molecular flexibility index (Phi) is 14.3. The zero-order valence-corrected chi connectivity index (χ0v) is 43.6. The largest absolute Gasteiger partial charge is 0.146 e. The van der Waals surface area contributed by atoms with Crippen molar-refractivity contribution in [2.75, 3.05) is 0 Å². The molecule has 0 aromatic carbocycles. The molecule has 6 heterocycles. The smallest absolute Gasteiger partial charge is 0.139 e. The van der Waals surface area contributed by atoms with E-state index >= 15 is 0 Å². The van der Waals surface area contributed by atoms with Crippen LogP contribution in [0.4, 0.5) is 0 Å². The van der Waals surface area contributed by atoms with E-state index < -0.39 is 16.1 Å². The molecule has 302 valence electrons. The number of hydrogen-bond acceptors (Lipinski definition) is 6. The summed E-state index contributed by atoms with van der Waals surface area (Å²) in [6.45, 7) is 32.8. The minimum atomic E-state index is -1.79. The molecule has 58 heavy (non-hydrogen) atoms. The summed E-state index contributed by atoms with van der Waals surface area (Å²) in [5.41, 5.74) is 14.2. The van der Waals surface area contributed by atoms with E-state index in [1.54, 1.807) is 0 Å². The molecule has 0 nitrogen and oxygen atoms in total. The Morgan fingerprint density at radius 1 is 0.397 bits per heavy atom. The van der Waals surface area contributed by atoms with E-state index in [1.165, 1.54) is 64.8 Å². The molecular weight excluding hydrogens is 849 g/mol. The van der Waals surface area contributed by atoms with Crippen LogP contribution in [0.15, 0.2) is 60.7 Å². The maximum absolute atomic E-state index is 3.93. The van der Waals surface area contributed by atoms with Crippen LogP contribution in [0.1, 0.15) is 110 Å². The first kappa shape index (κ1) is 44.9. The van der Waals surface area contributed by atoms with Crippen LogP contribution in [0.25, 0.3) is 50.1 Å². The molecule has 0 saturated heterocycles. The Hall–Kier alpha value is -2.69. The molecule has 0 bridgehead atoms. The second-order valence-corrected chi connectivity index (χ2v) is 35.1. The minimum Gasteiger partial charge on any atom is -0.139 e. The van der Waals surface area contributed by atoms with E-state index in [0.29, 0.717) is 33.2 Å². The average molecular weight is 908 g/mol. The zero-order chi connectivity index (χ0) is 42.1. The van der Waals surface area contributed by atoms with Crippen LogP contribution < -0.4 is 0 Å². The molecule has 8 heteroatoms. The van der Waals surface area contributed by atoms with Crippen LogP contribution in [-0.2, 0) is 0 Å². The van der Waals surface area contributed by atoms with E-state index in [1.807, 2.05) is 74.9 Å². The second kappa shape index (κ2) is 18.5. The molecular formula is C50H58S6Si2. The van der Waals surface area contributed by atoms with Crippen LogP contribution >= 0.6 is 68.0 Å². The molecule has 0 saturated carbocycles. The summed E-state index contributed by atoms with van der Waals surface area (Å²) in [4.78, 5) is 15.2. The first-order valence-corrected chi connectivity index (χ1v) is 30.0. The van der Waals surface area contributed by atoms with Crippen LogP contribution in [0.2, 0.25) is 33.2 Å². The van der Waals surface area contributed by atoms with Crippen molar-refractivity contribution in [1.82, 2.24) is 0 Å². The summed E-state index contributed by atoms with van der Waals surface area (Å²) >= 11 is 11.2. The fraction of sp³-hybridized carbons (Fsp3) is 0.400. The van der Waals surface area contributed by atoms with Gasteiger partial charge in [-0.2, -0.15) is 0 Å². The van der Waals surface area contributed by atoms with Gasteiger partial charge in [-0.05, 0) is 108 Å². The van der Waals surface area contributed by atoms with Crippen molar-refractivity contribution in [1.29, 1.82) is 0 Å². The maximum atomic E-state index is 3.93. The molecule has 0 radical (unpaired) electrons. The molecule has 0 aliphatic rings. The summed E-state index contributed by atoms with van der Waals surface area (Å²) < 4.78 is 0. The zero-order valence-electron chi connectivity index (χ0n) is 36.7. The number of thiophene rings is 6. The van der Waals surface area contributed by atoms with Crippen LogP contribution in [0.3, 0.4) is 0 Å². The predicted octanol–water partition coefficient (Wildman–Crippen LogP) is 18.2. The Balaban J connectivity index is 1.31. The van der Waals surface area contributed by atoms with Gasteiger partial charge >= 0.3 is 0 Å². The van der Waals surface area contributed by atoms with Gasteiger partial charge in [-0.25, -0.2) is 0 Å². The van der Waals surface area contributed by atoms with Gasteiger partial charge in [-0.3, -0.25) is 0 Å². The van der Waals surface area contributed by atoms with Crippen molar-refractivity contribution >= 4 is 84.2 Å². The third kappa shape index (κ3) is 8.86. The first-order valence-electron chi connectivity index (χ1n) is 20.7. The number of aryl methyl sites for hydroxylation is 1. The summed E-state index contributed by atoms with van der Waals surface area (Å²) in [5, 5.41) is 0. The standard InChI is InChI=1S/C50H58S6Si2/c1-15-16-40-30-42(44-22-24-48(56-44)46-20-18-39(53-46)26-28-58(34(8)9,35(10)11)36(12)13)50(54-40)49-41(29-37(14)51-49)43-21-23-47(55-43)45-19-17-38(52-45)25-27-57(31(2)3,32(4)5)33(6)7/h17-24,29-36H,1-14H3. The van der Waals surface area contributed by atoms with Gasteiger partial charge in [-0.15, -0.1) is 85.0 Å². The Morgan fingerprint density at radius 2 is 0.759 bits per heavy atom. The summed E-state index contributed by atoms with van der Waals surface area (Å²) in [6.07, 6.45) is 0. The molecule has 0 amide bonds. The van der Waals surface area contributed by atoms with E-state index in [-0.39, 0.29) is 0 Å².